The van der Waals surface area contributed by atoms with Gasteiger partial charge in [-0.05, 0) is 43.2 Å². The molecule has 182 valence electrons. The zero-order chi connectivity index (χ0) is 25.3. The van der Waals surface area contributed by atoms with Gasteiger partial charge < -0.3 is 19.5 Å². The van der Waals surface area contributed by atoms with Gasteiger partial charge in [0, 0.05) is 31.1 Å². The molecule has 13 heteroatoms. The van der Waals surface area contributed by atoms with Crippen molar-refractivity contribution in [3.8, 4) is 11.5 Å². The lowest BCUT2D eigenvalue weighted by atomic mass is 9.74. The second kappa shape index (κ2) is 9.15. The summed E-state index contributed by atoms with van der Waals surface area (Å²) in [4.78, 5) is 35.8. The van der Waals surface area contributed by atoms with Gasteiger partial charge in [-0.2, -0.15) is 0 Å². The summed E-state index contributed by atoms with van der Waals surface area (Å²) in [5.74, 6) is -4.33. The lowest BCUT2D eigenvalue weighted by Gasteiger charge is -2.41. The van der Waals surface area contributed by atoms with Crippen LogP contribution in [0.15, 0.2) is 42.5 Å². The standard InChI is InChI=1S/C21H18F4N2O7/c1-20(18(28)29)9-13(12-2-7-17(16(22)8-12)34-21(23,24)25)10-26(11-20)19(30)33-15-5-3-14(4-6-15)27(31)32/h2-8,13H,9-11H2,1H3,(H,28,29). The zero-order valence-corrected chi connectivity index (χ0v) is 17.5. The van der Waals surface area contributed by atoms with Crippen LogP contribution in [-0.2, 0) is 4.79 Å². The largest absolute Gasteiger partial charge is 0.573 e. The second-order valence-corrected chi connectivity index (χ2v) is 8.00. The summed E-state index contributed by atoms with van der Waals surface area (Å²) in [6, 6.07) is 7.39. The summed E-state index contributed by atoms with van der Waals surface area (Å²) in [5, 5.41) is 20.4. The third kappa shape index (κ3) is 5.71. The Morgan fingerprint density at radius 1 is 1.21 bits per heavy atom. The van der Waals surface area contributed by atoms with Crippen molar-refractivity contribution in [3.63, 3.8) is 0 Å². The van der Waals surface area contributed by atoms with Crippen LogP contribution in [0.1, 0.15) is 24.8 Å². The van der Waals surface area contributed by atoms with E-state index in [2.05, 4.69) is 4.74 Å². The maximum absolute atomic E-state index is 14.2. The summed E-state index contributed by atoms with van der Waals surface area (Å²) in [5.41, 5.74) is -1.52. The number of ether oxygens (including phenoxy) is 2. The Kier molecular flexibility index (Phi) is 6.66. The molecular weight excluding hydrogens is 468 g/mol. The van der Waals surface area contributed by atoms with E-state index in [0.717, 1.165) is 29.2 Å². The number of carbonyl (C=O) groups is 2. The highest BCUT2D eigenvalue weighted by molar-refractivity contribution is 5.77. The third-order valence-corrected chi connectivity index (χ3v) is 5.36. The van der Waals surface area contributed by atoms with Gasteiger partial charge in [0.15, 0.2) is 11.6 Å². The van der Waals surface area contributed by atoms with Crippen LogP contribution in [0.3, 0.4) is 0 Å². The number of aliphatic carboxylic acids is 1. The van der Waals surface area contributed by atoms with Gasteiger partial charge in [0.05, 0.1) is 10.3 Å². The van der Waals surface area contributed by atoms with E-state index < -0.39 is 46.2 Å². The molecule has 2 aromatic rings. The van der Waals surface area contributed by atoms with Gasteiger partial charge in [0.25, 0.3) is 5.69 Å². The van der Waals surface area contributed by atoms with E-state index in [1.54, 1.807) is 0 Å². The number of likely N-dealkylation sites (tertiary alicyclic amines) is 1. The first-order chi connectivity index (χ1) is 15.8. The number of rotatable bonds is 5. The Morgan fingerprint density at radius 3 is 2.38 bits per heavy atom. The number of amides is 1. The van der Waals surface area contributed by atoms with Crippen molar-refractivity contribution in [2.75, 3.05) is 13.1 Å². The molecule has 2 atom stereocenters. The van der Waals surface area contributed by atoms with Gasteiger partial charge in [-0.1, -0.05) is 6.07 Å². The number of hydrogen-bond acceptors (Lipinski definition) is 6. The van der Waals surface area contributed by atoms with Crippen molar-refractivity contribution in [1.29, 1.82) is 0 Å². The van der Waals surface area contributed by atoms with Crippen LogP contribution in [0, 0.1) is 21.3 Å². The summed E-state index contributed by atoms with van der Waals surface area (Å²) < 4.78 is 60.2. The molecule has 2 aromatic carbocycles. The minimum absolute atomic E-state index is 0.0190. The molecule has 0 radical (unpaired) electrons. The molecule has 1 saturated heterocycles. The highest BCUT2D eigenvalue weighted by atomic mass is 19.4. The smallest absolute Gasteiger partial charge is 0.481 e. The van der Waals surface area contributed by atoms with Crippen LogP contribution in [0.5, 0.6) is 11.5 Å². The fourth-order valence-electron chi connectivity index (χ4n) is 3.72. The monoisotopic (exact) mass is 486 g/mol. The lowest BCUT2D eigenvalue weighted by molar-refractivity contribution is -0.384. The maximum atomic E-state index is 14.2. The molecule has 1 aliphatic heterocycles. The average molecular weight is 486 g/mol. The number of carboxylic acids is 1. The van der Waals surface area contributed by atoms with Gasteiger partial charge in [0.1, 0.15) is 5.75 Å². The fraction of sp³-hybridized carbons (Fsp3) is 0.333. The number of alkyl halides is 3. The second-order valence-electron chi connectivity index (χ2n) is 8.00. The number of piperidine rings is 1. The Balaban J connectivity index is 1.83. The summed E-state index contributed by atoms with van der Waals surface area (Å²) in [7, 11) is 0. The van der Waals surface area contributed by atoms with E-state index in [1.807, 2.05) is 0 Å². The molecule has 1 N–H and O–H groups in total. The molecule has 0 aliphatic carbocycles. The molecule has 1 amide bonds. The Morgan fingerprint density at radius 2 is 1.85 bits per heavy atom. The van der Waals surface area contributed by atoms with Crippen LogP contribution >= 0.6 is 0 Å². The highest BCUT2D eigenvalue weighted by Crippen LogP contribution is 2.40. The van der Waals surface area contributed by atoms with Crippen LogP contribution in [-0.4, -0.2) is 46.4 Å². The molecule has 1 fully saturated rings. The van der Waals surface area contributed by atoms with Crippen LogP contribution in [0.2, 0.25) is 0 Å². The Hall–Kier alpha value is -3.90. The minimum atomic E-state index is -5.09. The molecule has 34 heavy (non-hydrogen) atoms. The first-order valence-electron chi connectivity index (χ1n) is 9.77. The van der Waals surface area contributed by atoms with Crippen LogP contribution in [0.4, 0.5) is 28.0 Å². The number of carbonyl (C=O) groups excluding carboxylic acids is 1. The van der Waals surface area contributed by atoms with Crippen LogP contribution in [0.25, 0.3) is 0 Å². The van der Waals surface area contributed by atoms with Gasteiger partial charge >= 0.3 is 18.4 Å². The highest BCUT2D eigenvalue weighted by Gasteiger charge is 2.44. The van der Waals surface area contributed by atoms with E-state index >= 15 is 0 Å². The van der Waals surface area contributed by atoms with Crippen molar-refractivity contribution in [2.24, 2.45) is 5.41 Å². The topological polar surface area (TPSA) is 119 Å². The number of halogens is 4. The molecule has 0 aromatic heterocycles. The number of nitro groups is 1. The van der Waals surface area contributed by atoms with E-state index in [4.69, 9.17) is 4.74 Å². The van der Waals surface area contributed by atoms with E-state index in [1.165, 1.54) is 25.1 Å². The van der Waals surface area contributed by atoms with Crippen LogP contribution < -0.4 is 9.47 Å². The van der Waals surface area contributed by atoms with Gasteiger partial charge in [-0.15, -0.1) is 13.2 Å². The lowest BCUT2D eigenvalue weighted by Crippen LogP contribution is -2.51. The molecule has 0 bridgehead atoms. The summed E-state index contributed by atoms with van der Waals surface area (Å²) in [6.45, 7) is 1.03. The Bertz CT molecular complexity index is 1110. The van der Waals surface area contributed by atoms with Gasteiger partial charge in [-0.3, -0.25) is 14.9 Å². The number of hydrogen-bond donors (Lipinski definition) is 1. The van der Waals surface area contributed by atoms with E-state index in [-0.39, 0.29) is 36.5 Å². The quantitative estimate of drug-likeness (QED) is 0.369. The van der Waals surface area contributed by atoms with Crippen molar-refractivity contribution < 1.29 is 46.7 Å². The normalized spacial score (nSPS) is 20.5. The van der Waals surface area contributed by atoms with Gasteiger partial charge in [0.2, 0.25) is 0 Å². The molecule has 3 rings (SSSR count). The number of non-ortho nitro benzene ring substituents is 1. The fourth-order valence-corrected chi connectivity index (χ4v) is 3.72. The predicted octanol–water partition coefficient (Wildman–Crippen LogP) is 4.71. The molecule has 0 saturated carbocycles. The van der Waals surface area contributed by atoms with E-state index in [9.17, 15) is 42.4 Å². The average Bonchev–Trinajstić information content (AvgIpc) is 2.74. The molecule has 9 nitrogen and oxygen atoms in total. The van der Waals surface area contributed by atoms with Gasteiger partial charge in [-0.25, -0.2) is 9.18 Å². The Labute approximate surface area is 189 Å². The minimum Gasteiger partial charge on any atom is -0.481 e. The molecular formula is C21H18F4N2O7. The number of nitro benzene ring substituents is 1. The summed E-state index contributed by atoms with van der Waals surface area (Å²) >= 11 is 0. The first-order valence-corrected chi connectivity index (χ1v) is 9.77. The summed E-state index contributed by atoms with van der Waals surface area (Å²) in [6.07, 6.45) is -6.06. The molecule has 2 unspecified atom stereocenters. The predicted molar refractivity (Wildman–Crippen MR) is 107 cm³/mol. The van der Waals surface area contributed by atoms with Crippen molar-refractivity contribution >= 4 is 17.7 Å². The molecule has 0 spiro atoms. The number of nitrogens with zero attached hydrogens (tertiary/aromatic N) is 2. The van der Waals surface area contributed by atoms with E-state index in [0.29, 0.717) is 0 Å². The number of benzene rings is 2. The zero-order valence-electron chi connectivity index (χ0n) is 17.5. The van der Waals surface area contributed by atoms with Crippen molar-refractivity contribution in [1.82, 2.24) is 4.90 Å². The molecule has 1 heterocycles. The van der Waals surface area contributed by atoms with Crippen molar-refractivity contribution in [2.45, 2.75) is 25.6 Å². The van der Waals surface area contributed by atoms with Crippen molar-refractivity contribution in [3.05, 3.63) is 64.0 Å². The maximum Gasteiger partial charge on any atom is 0.573 e. The first kappa shape index (κ1) is 24.7. The third-order valence-electron chi connectivity index (χ3n) is 5.36. The number of carboxylic acid groups (broad SMARTS) is 1. The molecule has 1 aliphatic rings. The SMILES string of the molecule is CC1(C(=O)O)CC(c2ccc(OC(F)(F)F)c(F)c2)CN(C(=O)Oc2ccc([N+](=O)[O-])cc2)C1.